The highest BCUT2D eigenvalue weighted by Gasteiger charge is 2.16. The summed E-state index contributed by atoms with van der Waals surface area (Å²) in [5, 5.41) is 13.6. The number of nitrogens with zero attached hydrogens (tertiary/aromatic N) is 3. The molecule has 0 spiro atoms. The number of hydrogen-bond acceptors (Lipinski definition) is 5. The highest BCUT2D eigenvalue weighted by atomic mass is 32.2. The molecule has 2 aromatic heterocycles. The number of sulfonamides is 1. The van der Waals surface area contributed by atoms with Gasteiger partial charge in [-0.25, -0.2) is 23.1 Å². The number of aromatic nitrogens is 3. The van der Waals surface area contributed by atoms with E-state index in [4.69, 9.17) is 10.1 Å². The van der Waals surface area contributed by atoms with E-state index >= 15 is 0 Å². The fourth-order valence-corrected chi connectivity index (χ4v) is 4.59. The first kappa shape index (κ1) is 21.0. The number of aryl methyl sites for hydroxylation is 3. The standard InChI is InChI=1S/C22H23N5O3S/c1-13-8-9-16(12-20(13)31(23,29)30)25-21(28)11-10-17-14(2)24-22-18-6-4-5-7-19(18)26-27(22)15(17)3/h4-9,12H,10-11H2,1-3H3,(H,25,28)(H2,23,29,30). The minimum Gasteiger partial charge on any atom is -0.326 e. The van der Waals surface area contributed by atoms with Crippen molar-refractivity contribution in [2.24, 2.45) is 5.14 Å². The Morgan fingerprint density at radius 3 is 2.61 bits per heavy atom. The van der Waals surface area contributed by atoms with Gasteiger partial charge in [-0.1, -0.05) is 18.2 Å². The van der Waals surface area contributed by atoms with Crippen LogP contribution in [0.2, 0.25) is 0 Å². The Balaban J connectivity index is 1.55. The van der Waals surface area contributed by atoms with Crippen molar-refractivity contribution in [1.29, 1.82) is 0 Å². The third-order valence-electron chi connectivity index (χ3n) is 5.40. The molecule has 0 bridgehead atoms. The highest BCUT2D eigenvalue weighted by Crippen LogP contribution is 2.23. The van der Waals surface area contributed by atoms with E-state index in [-0.39, 0.29) is 17.2 Å². The highest BCUT2D eigenvalue weighted by molar-refractivity contribution is 7.89. The van der Waals surface area contributed by atoms with Crippen LogP contribution in [0, 0.1) is 20.8 Å². The van der Waals surface area contributed by atoms with Crippen molar-refractivity contribution in [3.05, 3.63) is 65.0 Å². The normalized spacial score (nSPS) is 11.9. The number of hydrogen-bond donors (Lipinski definition) is 2. The summed E-state index contributed by atoms with van der Waals surface area (Å²) in [5.74, 6) is -0.228. The molecule has 0 unspecified atom stereocenters. The summed E-state index contributed by atoms with van der Waals surface area (Å²) < 4.78 is 25.2. The van der Waals surface area contributed by atoms with E-state index in [1.54, 1.807) is 19.1 Å². The third-order valence-corrected chi connectivity index (χ3v) is 6.45. The van der Waals surface area contributed by atoms with E-state index in [2.05, 4.69) is 10.4 Å². The van der Waals surface area contributed by atoms with Crippen LogP contribution in [-0.4, -0.2) is 28.9 Å². The van der Waals surface area contributed by atoms with Crippen molar-refractivity contribution in [3.8, 4) is 0 Å². The number of carbonyl (C=O) groups excluding carboxylic acids is 1. The number of fused-ring (bicyclic) bond motifs is 3. The summed E-state index contributed by atoms with van der Waals surface area (Å²) >= 11 is 0. The predicted molar refractivity (Wildman–Crippen MR) is 119 cm³/mol. The first-order valence-corrected chi connectivity index (χ1v) is 11.4. The maximum atomic E-state index is 12.5. The molecule has 0 atom stereocenters. The van der Waals surface area contributed by atoms with Crippen molar-refractivity contribution in [1.82, 2.24) is 14.6 Å². The molecular formula is C22H23N5O3S. The maximum Gasteiger partial charge on any atom is 0.238 e. The van der Waals surface area contributed by atoms with Crippen molar-refractivity contribution in [3.63, 3.8) is 0 Å². The number of benzene rings is 2. The number of primary sulfonamides is 1. The van der Waals surface area contributed by atoms with E-state index < -0.39 is 10.0 Å². The molecule has 0 aliphatic carbocycles. The van der Waals surface area contributed by atoms with E-state index in [0.29, 0.717) is 17.7 Å². The smallest absolute Gasteiger partial charge is 0.238 e. The number of carbonyl (C=O) groups is 1. The Morgan fingerprint density at radius 2 is 1.87 bits per heavy atom. The average Bonchev–Trinajstić information content (AvgIpc) is 3.07. The van der Waals surface area contributed by atoms with E-state index in [9.17, 15) is 13.2 Å². The average molecular weight is 438 g/mol. The summed E-state index contributed by atoms with van der Waals surface area (Å²) in [6, 6.07) is 12.5. The molecule has 9 heteroatoms. The van der Waals surface area contributed by atoms with Crippen LogP contribution in [0.1, 0.15) is 28.9 Å². The van der Waals surface area contributed by atoms with Crippen LogP contribution in [0.5, 0.6) is 0 Å². The summed E-state index contributed by atoms with van der Waals surface area (Å²) in [6.45, 7) is 5.55. The molecule has 0 aliphatic heterocycles. The van der Waals surface area contributed by atoms with Crippen LogP contribution in [0.4, 0.5) is 5.69 Å². The van der Waals surface area contributed by atoms with Gasteiger partial charge in [0.2, 0.25) is 15.9 Å². The van der Waals surface area contributed by atoms with Crippen LogP contribution in [0.3, 0.4) is 0 Å². The van der Waals surface area contributed by atoms with E-state index in [1.165, 1.54) is 6.07 Å². The first-order chi connectivity index (χ1) is 14.6. The van der Waals surface area contributed by atoms with Gasteiger partial charge in [0.15, 0.2) is 5.65 Å². The van der Waals surface area contributed by atoms with Gasteiger partial charge in [0, 0.05) is 28.9 Å². The number of nitrogens with two attached hydrogens (primary N) is 1. The summed E-state index contributed by atoms with van der Waals surface area (Å²) in [7, 11) is -3.86. The van der Waals surface area contributed by atoms with Crippen LogP contribution < -0.4 is 10.5 Å². The zero-order valence-corrected chi connectivity index (χ0v) is 18.3. The van der Waals surface area contributed by atoms with Gasteiger partial charge in [0.05, 0.1) is 10.4 Å². The number of nitrogens with one attached hydrogen (secondary N) is 1. The predicted octanol–water partition coefficient (Wildman–Crippen LogP) is 3.03. The number of amides is 1. The number of rotatable bonds is 5. The molecule has 2 heterocycles. The molecule has 8 nitrogen and oxygen atoms in total. The van der Waals surface area contributed by atoms with Gasteiger partial charge < -0.3 is 5.32 Å². The summed E-state index contributed by atoms with van der Waals surface area (Å²) in [4.78, 5) is 17.2. The zero-order valence-electron chi connectivity index (χ0n) is 17.5. The SMILES string of the molecule is Cc1ccc(NC(=O)CCc2c(C)nc3c4ccccc4nn3c2C)cc1S(N)(=O)=O. The molecule has 3 N–H and O–H groups in total. The lowest BCUT2D eigenvalue weighted by atomic mass is 10.1. The summed E-state index contributed by atoms with van der Waals surface area (Å²) in [5.41, 5.74) is 5.35. The van der Waals surface area contributed by atoms with Gasteiger partial charge >= 0.3 is 0 Å². The monoisotopic (exact) mass is 437 g/mol. The quantitative estimate of drug-likeness (QED) is 0.497. The van der Waals surface area contributed by atoms with Gasteiger partial charge in [0.25, 0.3) is 0 Å². The second-order valence-corrected chi connectivity index (χ2v) is 9.12. The van der Waals surface area contributed by atoms with Crippen molar-refractivity contribution in [2.75, 3.05) is 5.32 Å². The maximum absolute atomic E-state index is 12.5. The fourth-order valence-electron chi connectivity index (χ4n) is 3.78. The Morgan fingerprint density at radius 1 is 1.13 bits per heavy atom. The van der Waals surface area contributed by atoms with Crippen LogP contribution in [0.15, 0.2) is 47.4 Å². The molecule has 0 fully saturated rings. The van der Waals surface area contributed by atoms with Crippen LogP contribution >= 0.6 is 0 Å². The lowest BCUT2D eigenvalue weighted by Gasteiger charge is -2.12. The molecular weight excluding hydrogens is 414 g/mol. The molecule has 31 heavy (non-hydrogen) atoms. The Kier molecular flexibility index (Phi) is 5.24. The Labute approximate surface area is 180 Å². The largest absolute Gasteiger partial charge is 0.326 e. The van der Waals surface area contributed by atoms with E-state index in [1.807, 2.05) is 42.6 Å². The van der Waals surface area contributed by atoms with Gasteiger partial charge in [-0.05, 0) is 62.6 Å². The van der Waals surface area contributed by atoms with Gasteiger partial charge in [-0.3, -0.25) is 4.79 Å². The fraction of sp³-hybridized carbons (Fsp3) is 0.227. The van der Waals surface area contributed by atoms with Crippen LogP contribution in [-0.2, 0) is 21.2 Å². The number of anilines is 1. The van der Waals surface area contributed by atoms with Gasteiger partial charge in [-0.15, -0.1) is 0 Å². The minimum absolute atomic E-state index is 0.00242. The molecule has 0 radical (unpaired) electrons. The second kappa shape index (κ2) is 7.75. The minimum atomic E-state index is -3.86. The van der Waals surface area contributed by atoms with Crippen molar-refractivity contribution >= 4 is 38.2 Å². The molecule has 0 saturated heterocycles. The lowest BCUT2D eigenvalue weighted by molar-refractivity contribution is -0.116. The topological polar surface area (TPSA) is 119 Å². The zero-order chi connectivity index (χ0) is 22.3. The van der Waals surface area contributed by atoms with E-state index in [0.717, 1.165) is 33.5 Å². The molecule has 4 rings (SSSR count). The Hall–Kier alpha value is -3.30. The van der Waals surface area contributed by atoms with Crippen LogP contribution in [0.25, 0.3) is 16.6 Å². The van der Waals surface area contributed by atoms with Crippen molar-refractivity contribution < 1.29 is 13.2 Å². The molecule has 1 amide bonds. The lowest BCUT2D eigenvalue weighted by Crippen LogP contribution is -2.16. The first-order valence-electron chi connectivity index (χ1n) is 9.82. The molecule has 0 saturated carbocycles. The molecule has 2 aromatic carbocycles. The molecule has 160 valence electrons. The van der Waals surface area contributed by atoms with Gasteiger partial charge in [0.1, 0.15) is 0 Å². The summed E-state index contributed by atoms with van der Waals surface area (Å²) in [6.07, 6.45) is 0.699. The molecule has 4 aromatic rings. The Bertz CT molecular complexity index is 1440. The van der Waals surface area contributed by atoms with Gasteiger partial charge in [-0.2, -0.15) is 5.10 Å². The second-order valence-electron chi connectivity index (χ2n) is 7.59. The third kappa shape index (κ3) is 4.01. The molecule has 0 aliphatic rings. The van der Waals surface area contributed by atoms with Crippen molar-refractivity contribution in [2.45, 2.75) is 38.5 Å².